The smallest absolute Gasteiger partial charge is 0.264 e. The number of anilines is 2. The van der Waals surface area contributed by atoms with Gasteiger partial charge in [0.25, 0.3) is 10.0 Å². The lowest BCUT2D eigenvalue weighted by Crippen LogP contribution is -2.38. The normalized spacial score (nSPS) is 11.1. The summed E-state index contributed by atoms with van der Waals surface area (Å²) in [6, 6.07) is 17.7. The number of methoxy groups -OCH3 is 1. The highest BCUT2D eigenvalue weighted by atomic mass is 35.5. The molecule has 0 aliphatic rings. The number of sulfonamides is 1. The first kappa shape index (κ1) is 22.9. The van der Waals surface area contributed by atoms with Crippen LogP contribution in [0.5, 0.6) is 5.75 Å². The third-order valence-corrected chi connectivity index (χ3v) is 7.03. The summed E-state index contributed by atoms with van der Waals surface area (Å²) in [6.07, 6.45) is 0. The maximum Gasteiger partial charge on any atom is 0.264 e. The van der Waals surface area contributed by atoms with Crippen molar-refractivity contribution in [2.45, 2.75) is 11.8 Å². The fourth-order valence-corrected chi connectivity index (χ4v) is 4.85. The molecule has 9 heteroatoms. The van der Waals surface area contributed by atoms with Crippen molar-refractivity contribution in [3.8, 4) is 5.75 Å². The molecule has 0 aromatic heterocycles. The third-order valence-electron chi connectivity index (χ3n) is 4.45. The van der Waals surface area contributed by atoms with Crippen LogP contribution in [0.25, 0.3) is 0 Å². The van der Waals surface area contributed by atoms with Crippen molar-refractivity contribution in [2.75, 3.05) is 23.3 Å². The Hall–Kier alpha value is -2.74. The predicted molar refractivity (Wildman–Crippen MR) is 124 cm³/mol. The van der Waals surface area contributed by atoms with Crippen LogP contribution in [0.4, 0.5) is 11.4 Å². The van der Waals surface area contributed by atoms with Crippen molar-refractivity contribution < 1.29 is 17.9 Å². The number of carbonyl (C=O) groups excluding carboxylic acids is 1. The summed E-state index contributed by atoms with van der Waals surface area (Å²) >= 11 is 12.4. The van der Waals surface area contributed by atoms with E-state index in [2.05, 4.69) is 5.32 Å². The van der Waals surface area contributed by atoms with Gasteiger partial charge in [0.1, 0.15) is 12.3 Å². The first-order valence-electron chi connectivity index (χ1n) is 9.20. The lowest BCUT2D eigenvalue weighted by atomic mass is 10.2. The molecule has 3 aromatic rings. The number of amides is 1. The highest BCUT2D eigenvalue weighted by molar-refractivity contribution is 7.92. The van der Waals surface area contributed by atoms with Crippen LogP contribution in [0.15, 0.2) is 71.6 Å². The molecule has 0 spiro atoms. The summed E-state index contributed by atoms with van der Waals surface area (Å²) in [6.45, 7) is 1.35. The minimum absolute atomic E-state index is 0.0204. The van der Waals surface area contributed by atoms with Crippen LogP contribution in [0.2, 0.25) is 10.0 Å². The number of nitrogens with one attached hydrogen (secondary N) is 1. The summed E-state index contributed by atoms with van der Waals surface area (Å²) in [4.78, 5) is 12.9. The number of rotatable bonds is 7. The van der Waals surface area contributed by atoms with E-state index < -0.39 is 22.5 Å². The van der Waals surface area contributed by atoms with Crippen LogP contribution >= 0.6 is 23.2 Å². The third kappa shape index (κ3) is 5.12. The van der Waals surface area contributed by atoms with Crippen molar-refractivity contribution in [3.05, 3.63) is 82.3 Å². The molecule has 0 radical (unpaired) electrons. The van der Waals surface area contributed by atoms with Crippen molar-refractivity contribution in [1.29, 1.82) is 0 Å². The monoisotopic (exact) mass is 478 g/mol. The second-order valence-electron chi connectivity index (χ2n) is 6.65. The number of benzene rings is 3. The van der Waals surface area contributed by atoms with Crippen molar-refractivity contribution >= 4 is 50.5 Å². The summed E-state index contributed by atoms with van der Waals surface area (Å²) < 4.78 is 33.0. The van der Waals surface area contributed by atoms with Crippen LogP contribution in [0, 0.1) is 6.92 Å². The molecule has 0 saturated carbocycles. The predicted octanol–water partition coefficient (Wildman–Crippen LogP) is 5.14. The zero-order valence-corrected chi connectivity index (χ0v) is 19.1. The average Bonchev–Trinajstić information content (AvgIpc) is 2.75. The highest BCUT2D eigenvalue weighted by Crippen LogP contribution is 2.35. The first-order valence-corrected chi connectivity index (χ1v) is 11.4. The maximum absolute atomic E-state index is 13.4. The number of nitrogens with zero attached hydrogens (tertiary/aromatic N) is 1. The van der Waals surface area contributed by atoms with Gasteiger partial charge in [-0.3, -0.25) is 9.10 Å². The van der Waals surface area contributed by atoms with Gasteiger partial charge >= 0.3 is 0 Å². The molecule has 0 aliphatic heterocycles. The zero-order valence-electron chi connectivity index (χ0n) is 16.8. The molecule has 0 heterocycles. The molecule has 0 aliphatic carbocycles. The van der Waals surface area contributed by atoms with Crippen LogP contribution < -0.4 is 14.4 Å². The van der Waals surface area contributed by atoms with Crippen LogP contribution in [-0.2, 0) is 14.8 Å². The molecule has 3 rings (SSSR count). The summed E-state index contributed by atoms with van der Waals surface area (Å²) in [5, 5.41) is 2.92. The quantitative estimate of drug-likeness (QED) is 0.509. The standard InChI is InChI=1S/C22H20Cl2N2O4S/c1-15-11-12-20(30-2)18(13-15)25-21(27)14-26(19-10-6-9-17(23)22(19)24)31(28,29)16-7-4-3-5-8-16/h3-13H,14H2,1-2H3,(H,25,27). The van der Waals surface area contributed by atoms with Gasteiger partial charge in [-0.25, -0.2) is 8.42 Å². The molecule has 0 atom stereocenters. The topological polar surface area (TPSA) is 75.7 Å². The summed E-state index contributed by atoms with van der Waals surface area (Å²) in [5.41, 5.74) is 1.44. The molecule has 31 heavy (non-hydrogen) atoms. The Morgan fingerprint density at radius 3 is 2.42 bits per heavy atom. The number of hydrogen-bond donors (Lipinski definition) is 1. The minimum atomic E-state index is -4.11. The van der Waals surface area contributed by atoms with Gasteiger partial charge in [0.05, 0.1) is 33.4 Å². The zero-order chi connectivity index (χ0) is 22.6. The Balaban J connectivity index is 2.01. The molecule has 3 aromatic carbocycles. The Morgan fingerprint density at radius 1 is 1.03 bits per heavy atom. The van der Waals surface area contributed by atoms with E-state index in [9.17, 15) is 13.2 Å². The molecule has 162 valence electrons. The molecule has 6 nitrogen and oxygen atoms in total. The molecular weight excluding hydrogens is 459 g/mol. The number of ether oxygens (including phenoxy) is 1. The van der Waals surface area contributed by atoms with Gasteiger partial charge in [0.2, 0.25) is 5.91 Å². The second kappa shape index (κ2) is 9.60. The van der Waals surface area contributed by atoms with Gasteiger partial charge in [0, 0.05) is 0 Å². The van der Waals surface area contributed by atoms with Gasteiger partial charge in [-0.2, -0.15) is 0 Å². The molecule has 1 amide bonds. The van der Waals surface area contributed by atoms with Crippen molar-refractivity contribution in [3.63, 3.8) is 0 Å². The Morgan fingerprint density at radius 2 is 1.74 bits per heavy atom. The molecule has 0 unspecified atom stereocenters. The van der Waals surface area contributed by atoms with Gasteiger partial charge in [-0.1, -0.05) is 53.5 Å². The van der Waals surface area contributed by atoms with Gasteiger partial charge in [-0.05, 0) is 48.9 Å². The van der Waals surface area contributed by atoms with E-state index in [4.69, 9.17) is 27.9 Å². The first-order chi connectivity index (χ1) is 14.7. The van der Waals surface area contributed by atoms with E-state index in [1.807, 2.05) is 13.0 Å². The second-order valence-corrected chi connectivity index (χ2v) is 9.30. The van der Waals surface area contributed by atoms with E-state index in [1.54, 1.807) is 42.5 Å². The van der Waals surface area contributed by atoms with E-state index in [0.717, 1.165) is 9.87 Å². The van der Waals surface area contributed by atoms with E-state index in [-0.39, 0.29) is 20.6 Å². The molecule has 1 N–H and O–H groups in total. The summed E-state index contributed by atoms with van der Waals surface area (Å²) in [7, 11) is -2.62. The fraction of sp³-hybridized carbons (Fsp3) is 0.136. The van der Waals surface area contributed by atoms with Crippen molar-refractivity contribution in [2.24, 2.45) is 0 Å². The number of halogens is 2. The van der Waals surface area contributed by atoms with Gasteiger partial charge in [-0.15, -0.1) is 0 Å². The van der Waals surface area contributed by atoms with Gasteiger partial charge in [0.15, 0.2) is 0 Å². The minimum Gasteiger partial charge on any atom is -0.495 e. The lowest BCUT2D eigenvalue weighted by molar-refractivity contribution is -0.114. The highest BCUT2D eigenvalue weighted by Gasteiger charge is 2.29. The summed E-state index contributed by atoms with van der Waals surface area (Å²) in [5.74, 6) is -0.114. The van der Waals surface area contributed by atoms with E-state index >= 15 is 0 Å². The maximum atomic E-state index is 13.4. The molecule has 0 saturated heterocycles. The number of carbonyl (C=O) groups is 1. The number of aryl methyl sites for hydroxylation is 1. The van der Waals surface area contributed by atoms with Crippen molar-refractivity contribution in [1.82, 2.24) is 0 Å². The lowest BCUT2D eigenvalue weighted by Gasteiger charge is -2.25. The Labute approximate surface area is 191 Å². The van der Waals surface area contributed by atoms with Crippen LogP contribution in [-0.4, -0.2) is 28.0 Å². The largest absolute Gasteiger partial charge is 0.495 e. The fourth-order valence-electron chi connectivity index (χ4n) is 2.94. The number of hydrogen-bond acceptors (Lipinski definition) is 4. The van der Waals surface area contributed by atoms with Crippen LogP contribution in [0.1, 0.15) is 5.56 Å². The van der Waals surface area contributed by atoms with E-state index in [1.165, 1.54) is 25.3 Å². The average molecular weight is 479 g/mol. The Bertz CT molecular complexity index is 1200. The van der Waals surface area contributed by atoms with Gasteiger partial charge < -0.3 is 10.1 Å². The van der Waals surface area contributed by atoms with E-state index in [0.29, 0.717) is 11.4 Å². The molecular formula is C22H20Cl2N2O4S. The SMILES string of the molecule is COc1ccc(C)cc1NC(=O)CN(c1cccc(Cl)c1Cl)S(=O)(=O)c1ccccc1. The Kier molecular flexibility index (Phi) is 7.10. The van der Waals surface area contributed by atoms with Crippen LogP contribution in [0.3, 0.4) is 0 Å². The molecule has 0 bridgehead atoms. The molecule has 0 fully saturated rings.